The molecule has 1 saturated heterocycles. The topological polar surface area (TPSA) is 77.8 Å². The number of aliphatic hydroxyl groups is 1. The van der Waals surface area contributed by atoms with Crippen molar-refractivity contribution in [3.8, 4) is 0 Å². The molecule has 2 aliphatic rings. The van der Waals surface area contributed by atoms with Crippen LogP contribution in [0, 0.1) is 11.8 Å². The van der Waals surface area contributed by atoms with Gasteiger partial charge in [0.2, 0.25) is 5.91 Å². The summed E-state index contributed by atoms with van der Waals surface area (Å²) in [5.41, 5.74) is 0.112. The SMILES string of the molecule is CCSC1=C(C(=O)O)N2C(=O)C(C(C)O)C2C1C. The molecule has 4 unspecified atom stereocenters. The van der Waals surface area contributed by atoms with Gasteiger partial charge in [-0.15, -0.1) is 11.8 Å². The molecule has 2 aliphatic heterocycles. The maximum absolute atomic E-state index is 12.0. The van der Waals surface area contributed by atoms with E-state index < -0.39 is 18.0 Å². The van der Waals surface area contributed by atoms with E-state index in [1.165, 1.54) is 16.7 Å². The molecule has 0 spiro atoms. The molecule has 100 valence electrons. The van der Waals surface area contributed by atoms with Crippen LogP contribution in [-0.2, 0) is 9.59 Å². The fraction of sp³-hybridized carbons (Fsp3) is 0.667. The van der Waals surface area contributed by atoms with Crippen molar-refractivity contribution >= 4 is 23.6 Å². The monoisotopic (exact) mass is 271 g/mol. The van der Waals surface area contributed by atoms with Crippen molar-refractivity contribution < 1.29 is 19.8 Å². The lowest BCUT2D eigenvalue weighted by Crippen LogP contribution is -2.63. The maximum atomic E-state index is 12.0. The van der Waals surface area contributed by atoms with Crippen LogP contribution in [-0.4, -0.2) is 44.9 Å². The fourth-order valence-corrected chi connectivity index (χ4v) is 3.91. The summed E-state index contributed by atoms with van der Waals surface area (Å²) >= 11 is 1.47. The van der Waals surface area contributed by atoms with Gasteiger partial charge in [0.15, 0.2) is 0 Å². The highest BCUT2D eigenvalue weighted by molar-refractivity contribution is 8.03. The van der Waals surface area contributed by atoms with Crippen LogP contribution >= 0.6 is 11.8 Å². The Morgan fingerprint density at radius 1 is 1.56 bits per heavy atom. The second-order valence-corrected chi connectivity index (χ2v) is 6.01. The minimum Gasteiger partial charge on any atom is -0.477 e. The quantitative estimate of drug-likeness (QED) is 0.743. The molecule has 2 rings (SSSR count). The third-order valence-corrected chi connectivity index (χ3v) is 4.78. The zero-order valence-electron chi connectivity index (χ0n) is 10.6. The lowest BCUT2D eigenvalue weighted by Gasteiger charge is -2.46. The lowest BCUT2D eigenvalue weighted by atomic mass is 9.79. The van der Waals surface area contributed by atoms with Gasteiger partial charge in [-0.3, -0.25) is 4.79 Å². The average Bonchev–Trinajstić information content (AvgIpc) is 2.50. The molecule has 4 atom stereocenters. The Balaban J connectivity index is 2.37. The summed E-state index contributed by atoms with van der Waals surface area (Å²) < 4.78 is 0. The second kappa shape index (κ2) is 4.59. The largest absolute Gasteiger partial charge is 0.477 e. The second-order valence-electron chi connectivity index (χ2n) is 4.70. The van der Waals surface area contributed by atoms with E-state index in [-0.39, 0.29) is 23.6 Å². The third kappa shape index (κ3) is 1.66. The Kier molecular flexibility index (Phi) is 3.42. The molecule has 0 saturated carbocycles. The summed E-state index contributed by atoms with van der Waals surface area (Å²) in [7, 11) is 0. The van der Waals surface area contributed by atoms with Crippen molar-refractivity contribution in [3.63, 3.8) is 0 Å². The minimum atomic E-state index is -1.06. The van der Waals surface area contributed by atoms with Crippen molar-refractivity contribution in [2.45, 2.75) is 32.9 Å². The molecule has 0 aromatic rings. The maximum Gasteiger partial charge on any atom is 0.353 e. The number of nitrogens with zero attached hydrogens (tertiary/aromatic N) is 1. The third-order valence-electron chi connectivity index (χ3n) is 3.61. The molecular formula is C12H17NO4S. The zero-order chi connectivity index (χ0) is 13.6. The molecular weight excluding hydrogens is 254 g/mol. The van der Waals surface area contributed by atoms with Crippen LogP contribution in [0.3, 0.4) is 0 Å². The lowest BCUT2D eigenvalue weighted by molar-refractivity contribution is -0.163. The highest BCUT2D eigenvalue weighted by Gasteiger charge is 2.59. The fourth-order valence-electron chi connectivity index (χ4n) is 2.87. The van der Waals surface area contributed by atoms with Crippen LogP contribution in [0.2, 0.25) is 0 Å². The van der Waals surface area contributed by atoms with Gasteiger partial charge in [-0.05, 0) is 12.7 Å². The molecule has 6 heteroatoms. The Labute approximate surface area is 110 Å². The molecule has 0 aromatic heterocycles. The van der Waals surface area contributed by atoms with Gasteiger partial charge >= 0.3 is 5.97 Å². The van der Waals surface area contributed by atoms with E-state index in [1.807, 2.05) is 13.8 Å². The molecule has 0 aliphatic carbocycles. The molecule has 0 aromatic carbocycles. The number of carboxylic acid groups (broad SMARTS) is 1. The first-order chi connectivity index (χ1) is 8.41. The number of rotatable bonds is 4. The van der Waals surface area contributed by atoms with Crippen LogP contribution in [0.1, 0.15) is 20.8 Å². The molecule has 1 amide bonds. The number of β-lactam (4-membered cyclic amide) rings is 1. The van der Waals surface area contributed by atoms with Gasteiger partial charge in [0.25, 0.3) is 0 Å². The van der Waals surface area contributed by atoms with Gasteiger partial charge in [-0.2, -0.15) is 0 Å². The molecule has 5 nitrogen and oxygen atoms in total. The van der Waals surface area contributed by atoms with Crippen molar-refractivity contribution in [1.29, 1.82) is 0 Å². The van der Waals surface area contributed by atoms with E-state index in [9.17, 15) is 19.8 Å². The van der Waals surface area contributed by atoms with E-state index in [1.54, 1.807) is 6.92 Å². The molecule has 2 heterocycles. The van der Waals surface area contributed by atoms with E-state index in [0.717, 1.165) is 10.7 Å². The number of fused-ring (bicyclic) bond motifs is 1. The molecule has 18 heavy (non-hydrogen) atoms. The number of carbonyl (C=O) groups excluding carboxylic acids is 1. The van der Waals surface area contributed by atoms with Crippen LogP contribution < -0.4 is 0 Å². The number of carboxylic acids is 1. The van der Waals surface area contributed by atoms with E-state index in [2.05, 4.69) is 0 Å². The Hall–Kier alpha value is -1.01. The van der Waals surface area contributed by atoms with Crippen molar-refractivity contribution in [2.24, 2.45) is 11.8 Å². The number of aliphatic hydroxyl groups excluding tert-OH is 1. The molecule has 1 fully saturated rings. The molecule has 0 bridgehead atoms. The number of carbonyl (C=O) groups is 2. The number of hydrogen-bond donors (Lipinski definition) is 2. The Bertz CT molecular complexity index is 432. The number of thioether (sulfide) groups is 1. The summed E-state index contributed by atoms with van der Waals surface area (Å²) in [6.07, 6.45) is -0.734. The van der Waals surface area contributed by atoms with Crippen molar-refractivity contribution in [1.82, 2.24) is 4.90 Å². The molecule has 2 N–H and O–H groups in total. The van der Waals surface area contributed by atoms with Crippen LogP contribution in [0.5, 0.6) is 0 Å². The van der Waals surface area contributed by atoms with Crippen LogP contribution in [0.15, 0.2) is 10.6 Å². The van der Waals surface area contributed by atoms with Gasteiger partial charge in [0.1, 0.15) is 5.70 Å². The van der Waals surface area contributed by atoms with Gasteiger partial charge in [-0.25, -0.2) is 4.79 Å². The molecule has 0 radical (unpaired) electrons. The predicted octanol–water partition coefficient (Wildman–Crippen LogP) is 0.893. The van der Waals surface area contributed by atoms with E-state index in [0.29, 0.717) is 0 Å². The standard InChI is InChI=1S/C12H17NO4S/c1-4-18-10-5(2)8-7(6(3)14)11(15)13(8)9(10)12(16)17/h5-8,14H,4H2,1-3H3,(H,16,17). The average molecular weight is 271 g/mol. The first-order valence-electron chi connectivity index (χ1n) is 6.03. The van der Waals surface area contributed by atoms with Crippen LogP contribution in [0.4, 0.5) is 0 Å². The highest BCUT2D eigenvalue weighted by atomic mass is 32.2. The smallest absolute Gasteiger partial charge is 0.353 e. The first kappa shape index (κ1) is 13.4. The van der Waals surface area contributed by atoms with Gasteiger partial charge in [-0.1, -0.05) is 13.8 Å². The van der Waals surface area contributed by atoms with Crippen molar-refractivity contribution in [3.05, 3.63) is 10.6 Å². The summed E-state index contributed by atoms with van der Waals surface area (Å²) in [6.45, 7) is 5.46. The predicted molar refractivity (Wildman–Crippen MR) is 67.8 cm³/mol. The Morgan fingerprint density at radius 3 is 2.61 bits per heavy atom. The van der Waals surface area contributed by atoms with Crippen molar-refractivity contribution in [2.75, 3.05) is 5.75 Å². The summed E-state index contributed by atoms with van der Waals surface area (Å²) in [4.78, 5) is 25.4. The van der Waals surface area contributed by atoms with E-state index >= 15 is 0 Å². The number of aliphatic carboxylic acids is 1. The van der Waals surface area contributed by atoms with Gasteiger partial charge in [0, 0.05) is 10.8 Å². The summed E-state index contributed by atoms with van der Waals surface area (Å²) in [5.74, 6) is -1.05. The van der Waals surface area contributed by atoms with Gasteiger partial charge in [0.05, 0.1) is 18.1 Å². The van der Waals surface area contributed by atoms with E-state index in [4.69, 9.17) is 0 Å². The number of amides is 1. The Morgan fingerprint density at radius 2 is 2.17 bits per heavy atom. The summed E-state index contributed by atoms with van der Waals surface area (Å²) in [6, 6.07) is -0.197. The summed E-state index contributed by atoms with van der Waals surface area (Å²) in [5, 5.41) is 18.9. The number of hydrogen-bond acceptors (Lipinski definition) is 4. The highest BCUT2D eigenvalue weighted by Crippen LogP contribution is 2.50. The minimum absolute atomic E-state index is 0.0154. The van der Waals surface area contributed by atoms with Gasteiger partial charge < -0.3 is 15.1 Å². The zero-order valence-corrected chi connectivity index (χ0v) is 11.4. The normalized spacial score (nSPS) is 32.3. The first-order valence-corrected chi connectivity index (χ1v) is 7.01. The van der Waals surface area contributed by atoms with Crippen LogP contribution in [0.25, 0.3) is 0 Å².